The molecule has 1 aromatic carbocycles. The van der Waals surface area contributed by atoms with Crippen LogP contribution in [-0.4, -0.2) is 24.9 Å². The molecule has 1 unspecified atom stereocenters. The lowest BCUT2D eigenvalue weighted by Crippen LogP contribution is -2.23. The van der Waals surface area contributed by atoms with Crippen LogP contribution in [0.5, 0.6) is 5.75 Å². The van der Waals surface area contributed by atoms with Crippen LogP contribution < -0.4 is 4.74 Å². The summed E-state index contributed by atoms with van der Waals surface area (Å²) in [5.74, 6) is 0.850. The summed E-state index contributed by atoms with van der Waals surface area (Å²) in [6.45, 7) is 6.03. The number of hydrogen-bond donors (Lipinski definition) is 1. The topological polar surface area (TPSA) is 38.7 Å². The Balaban J connectivity index is 2.67. The van der Waals surface area contributed by atoms with Crippen molar-refractivity contribution in [1.29, 1.82) is 0 Å². The molecule has 18 heavy (non-hydrogen) atoms. The van der Waals surface area contributed by atoms with E-state index in [2.05, 4.69) is 0 Å². The Hall–Kier alpha value is -1.06. The molecule has 0 aromatic heterocycles. The zero-order valence-corrected chi connectivity index (χ0v) is 12.0. The molecule has 3 nitrogen and oxygen atoms in total. The highest BCUT2D eigenvalue weighted by Gasteiger charge is 2.19. The predicted molar refractivity (Wildman–Crippen MR) is 73.0 cm³/mol. The van der Waals surface area contributed by atoms with E-state index >= 15 is 0 Å². The first-order chi connectivity index (χ1) is 8.39. The van der Waals surface area contributed by atoms with Gasteiger partial charge in [-0.1, -0.05) is 6.07 Å². The molecule has 3 heteroatoms. The normalized spacial score (nSPS) is 13.4. The second-order valence-electron chi connectivity index (χ2n) is 5.25. The lowest BCUT2D eigenvalue weighted by atomic mass is 9.96. The van der Waals surface area contributed by atoms with Crippen molar-refractivity contribution < 1.29 is 14.6 Å². The number of aliphatic hydroxyl groups is 1. The summed E-state index contributed by atoms with van der Waals surface area (Å²) in [6.07, 6.45) is 1.05. The second-order valence-corrected chi connectivity index (χ2v) is 5.25. The van der Waals surface area contributed by atoms with Crippen LogP contribution >= 0.6 is 0 Å². The van der Waals surface area contributed by atoms with Gasteiger partial charge in [0.05, 0.1) is 18.8 Å². The molecule has 0 aliphatic heterocycles. The van der Waals surface area contributed by atoms with Gasteiger partial charge in [-0.3, -0.25) is 0 Å². The van der Waals surface area contributed by atoms with E-state index in [9.17, 15) is 5.11 Å². The van der Waals surface area contributed by atoms with E-state index in [1.54, 1.807) is 14.2 Å². The number of methoxy groups -OCH3 is 2. The van der Waals surface area contributed by atoms with Crippen LogP contribution in [0.1, 0.15) is 43.9 Å². The fraction of sp³-hybridized carbons (Fsp3) is 0.600. The van der Waals surface area contributed by atoms with Crippen LogP contribution in [0, 0.1) is 6.92 Å². The van der Waals surface area contributed by atoms with E-state index < -0.39 is 6.10 Å². The fourth-order valence-corrected chi connectivity index (χ4v) is 1.86. The van der Waals surface area contributed by atoms with Crippen molar-refractivity contribution in [3.8, 4) is 5.75 Å². The summed E-state index contributed by atoms with van der Waals surface area (Å²) in [4.78, 5) is 0. The number of aryl methyl sites for hydroxylation is 1. The SMILES string of the molecule is COc1ccc(C(O)CCC(C)(C)OC)cc1C. The minimum atomic E-state index is -0.455. The van der Waals surface area contributed by atoms with E-state index in [1.165, 1.54) is 0 Å². The quantitative estimate of drug-likeness (QED) is 0.844. The highest BCUT2D eigenvalue weighted by molar-refractivity contribution is 5.36. The van der Waals surface area contributed by atoms with Crippen LogP contribution in [0.2, 0.25) is 0 Å². The van der Waals surface area contributed by atoms with Gasteiger partial charge in [0.15, 0.2) is 0 Å². The van der Waals surface area contributed by atoms with Crippen molar-refractivity contribution in [2.75, 3.05) is 14.2 Å². The molecule has 0 fully saturated rings. The highest BCUT2D eigenvalue weighted by atomic mass is 16.5. The van der Waals surface area contributed by atoms with Crippen LogP contribution in [0.25, 0.3) is 0 Å². The Labute approximate surface area is 110 Å². The molecule has 1 rings (SSSR count). The lowest BCUT2D eigenvalue weighted by Gasteiger charge is -2.24. The monoisotopic (exact) mass is 252 g/mol. The van der Waals surface area contributed by atoms with Crippen molar-refractivity contribution in [1.82, 2.24) is 0 Å². The molecule has 0 aliphatic rings. The number of benzene rings is 1. The van der Waals surface area contributed by atoms with Gasteiger partial charge in [0.25, 0.3) is 0 Å². The lowest BCUT2D eigenvalue weighted by molar-refractivity contribution is 0.00278. The summed E-state index contributed by atoms with van der Waals surface area (Å²) >= 11 is 0. The smallest absolute Gasteiger partial charge is 0.121 e. The molecule has 1 aromatic rings. The summed E-state index contributed by atoms with van der Waals surface area (Å²) in [5.41, 5.74) is 1.78. The minimum Gasteiger partial charge on any atom is -0.496 e. The van der Waals surface area contributed by atoms with Gasteiger partial charge in [-0.15, -0.1) is 0 Å². The van der Waals surface area contributed by atoms with Gasteiger partial charge in [-0.25, -0.2) is 0 Å². The molecule has 0 amide bonds. The van der Waals surface area contributed by atoms with E-state index in [4.69, 9.17) is 9.47 Å². The molecule has 0 bridgehead atoms. The van der Waals surface area contributed by atoms with Crippen molar-refractivity contribution in [2.24, 2.45) is 0 Å². The molecule has 0 saturated heterocycles. The van der Waals surface area contributed by atoms with Gasteiger partial charge in [-0.05, 0) is 56.9 Å². The van der Waals surface area contributed by atoms with Crippen molar-refractivity contribution in [3.05, 3.63) is 29.3 Å². The maximum Gasteiger partial charge on any atom is 0.121 e. The summed E-state index contributed by atoms with van der Waals surface area (Å²) in [5, 5.41) is 10.2. The Morgan fingerprint density at radius 3 is 2.44 bits per heavy atom. The van der Waals surface area contributed by atoms with Crippen molar-refractivity contribution in [2.45, 2.75) is 45.3 Å². The van der Waals surface area contributed by atoms with E-state index in [-0.39, 0.29) is 5.60 Å². The van der Waals surface area contributed by atoms with Crippen molar-refractivity contribution in [3.63, 3.8) is 0 Å². The summed E-state index contributed by atoms with van der Waals surface area (Å²) < 4.78 is 10.6. The second kappa shape index (κ2) is 6.21. The molecule has 0 radical (unpaired) electrons. The van der Waals surface area contributed by atoms with E-state index in [0.29, 0.717) is 6.42 Å². The average Bonchev–Trinajstić information content (AvgIpc) is 2.36. The minimum absolute atomic E-state index is 0.192. The fourth-order valence-electron chi connectivity index (χ4n) is 1.86. The third-order valence-corrected chi connectivity index (χ3v) is 3.38. The molecular formula is C15H24O3. The molecule has 102 valence electrons. The first kappa shape index (κ1) is 15.0. The molecule has 1 atom stereocenters. The molecule has 0 spiro atoms. The van der Waals surface area contributed by atoms with Gasteiger partial charge in [0, 0.05) is 7.11 Å². The van der Waals surface area contributed by atoms with Gasteiger partial charge in [0.2, 0.25) is 0 Å². The number of aliphatic hydroxyl groups excluding tert-OH is 1. The predicted octanol–water partition coefficient (Wildman–Crippen LogP) is 3.24. The third-order valence-electron chi connectivity index (χ3n) is 3.38. The van der Waals surface area contributed by atoms with Gasteiger partial charge >= 0.3 is 0 Å². The first-order valence-electron chi connectivity index (χ1n) is 6.27. The van der Waals surface area contributed by atoms with Gasteiger partial charge < -0.3 is 14.6 Å². The Kier molecular flexibility index (Phi) is 5.17. The van der Waals surface area contributed by atoms with Crippen LogP contribution in [0.3, 0.4) is 0 Å². The van der Waals surface area contributed by atoms with Crippen LogP contribution in [0.4, 0.5) is 0 Å². The highest BCUT2D eigenvalue weighted by Crippen LogP contribution is 2.27. The molecule has 0 saturated carbocycles. The molecule has 1 N–H and O–H groups in total. The van der Waals surface area contributed by atoms with Gasteiger partial charge in [0.1, 0.15) is 5.75 Å². The number of hydrogen-bond acceptors (Lipinski definition) is 3. The third kappa shape index (κ3) is 4.00. The summed E-state index contributed by atoms with van der Waals surface area (Å²) in [6, 6.07) is 5.79. The Bertz CT molecular complexity index is 385. The van der Waals surface area contributed by atoms with E-state index in [0.717, 1.165) is 23.3 Å². The van der Waals surface area contributed by atoms with Crippen LogP contribution in [0.15, 0.2) is 18.2 Å². The number of ether oxygens (including phenoxy) is 2. The average molecular weight is 252 g/mol. The van der Waals surface area contributed by atoms with E-state index in [1.807, 2.05) is 39.0 Å². The van der Waals surface area contributed by atoms with Gasteiger partial charge in [-0.2, -0.15) is 0 Å². The number of rotatable bonds is 6. The molecular weight excluding hydrogens is 228 g/mol. The largest absolute Gasteiger partial charge is 0.496 e. The van der Waals surface area contributed by atoms with Crippen molar-refractivity contribution >= 4 is 0 Å². The molecule has 0 aliphatic carbocycles. The maximum absolute atomic E-state index is 10.2. The zero-order valence-electron chi connectivity index (χ0n) is 12.0. The summed E-state index contributed by atoms with van der Waals surface area (Å²) in [7, 11) is 3.35. The Morgan fingerprint density at radius 1 is 1.28 bits per heavy atom. The Morgan fingerprint density at radius 2 is 1.94 bits per heavy atom. The maximum atomic E-state index is 10.2. The zero-order chi connectivity index (χ0) is 13.8. The standard InChI is InChI=1S/C15H24O3/c1-11-10-12(6-7-14(11)17-4)13(16)8-9-15(2,3)18-5/h6-7,10,13,16H,8-9H2,1-5H3. The molecule has 0 heterocycles. The first-order valence-corrected chi connectivity index (χ1v) is 6.27. The van der Waals surface area contributed by atoms with Crippen LogP contribution in [-0.2, 0) is 4.74 Å².